The Bertz CT molecular complexity index is 590. The molecule has 0 saturated heterocycles. The predicted octanol–water partition coefficient (Wildman–Crippen LogP) is 1.87. The minimum absolute atomic E-state index is 0.270. The molecule has 1 amide bonds. The molecule has 1 aromatic carbocycles. The SMILES string of the molecule is NNC(=O)c1cccc(COc2ccccc2I)n1. The van der Waals surface area contributed by atoms with Crippen molar-refractivity contribution in [3.63, 3.8) is 0 Å². The highest BCUT2D eigenvalue weighted by Gasteiger charge is 2.06. The fourth-order valence-corrected chi connectivity index (χ4v) is 2.02. The number of benzene rings is 1. The monoisotopic (exact) mass is 369 g/mol. The van der Waals surface area contributed by atoms with E-state index in [-0.39, 0.29) is 5.69 Å². The summed E-state index contributed by atoms with van der Waals surface area (Å²) in [5.41, 5.74) is 2.99. The van der Waals surface area contributed by atoms with Crippen LogP contribution in [-0.4, -0.2) is 10.9 Å². The van der Waals surface area contributed by atoms with Crippen molar-refractivity contribution in [2.24, 2.45) is 5.84 Å². The van der Waals surface area contributed by atoms with Gasteiger partial charge in [0.05, 0.1) is 9.26 Å². The fraction of sp³-hybridized carbons (Fsp3) is 0.0769. The Morgan fingerprint density at radius 1 is 1.26 bits per heavy atom. The highest BCUT2D eigenvalue weighted by Crippen LogP contribution is 2.20. The molecule has 1 aromatic heterocycles. The summed E-state index contributed by atoms with van der Waals surface area (Å²) in [7, 11) is 0. The lowest BCUT2D eigenvalue weighted by atomic mass is 10.3. The molecular weight excluding hydrogens is 357 g/mol. The fourth-order valence-electron chi connectivity index (χ4n) is 1.47. The highest BCUT2D eigenvalue weighted by atomic mass is 127. The van der Waals surface area contributed by atoms with Crippen molar-refractivity contribution in [3.8, 4) is 5.75 Å². The van der Waals surface area contributed by atoms with E-state index < -0.39 is 5.91 Å². The zero-order valence-electron chi connectivity index (χ0n) is 9.97. The minimum atomic E-state index is -0.420. The van der Waals surface area contributed by atoms with Gasteiger partial charge >= 0.3 is 0 Å². The van der Waals surface area contributed by atoms with Gasteiger partial charge in [0.15, 0.2) is 0 Å². The number of aromatic nitrogens is 1. The molecule has 0 aliphatic carbocycles. The van der Waals surface area contributed by atoms with E-state index in [2.05, 4.69) is 27.6 Å². The number of rotatable bonds is 4. The number of pyridine rings is 1. The van der Waals surface area contributed by atoms with E-state index in [4.69, 9.17) is 10.6 Å². The van der Waals surface area contributed by atoms with Crippen molar-refractivity contribution >= 4 is 28.5 Å². The number of carbonyl (C=O) groups is 1. The Hall–Kier alpha value is -1.67. The first kappa shape index (κ1) is 13.8. The Labute approximate surface area is 124 Å². The molecule has 6 heteroatoms. The van der Waals surface area contributed by atoms with Crippen LogP contribution in [0, 0.1) is 3.57 Å². The second-order valence-corrected chi connectivity index (χ2v) is 4.87. The number of nitrogen functional groups attached to an aromatic ring is 1. The smallest absolute Gasteiger partial charge is 0.283 e. The van der Waals surface area contributed by atoms with E-state index in [9.17, 15) is 4.79 Å². The van der Waals surface area contributed by atoms with Gasteiger partial charge in [-0.2, -0.15) is 0 Å². The Balaban J connectivity index is 2.08. The Morgan fingerprint density at radius 2 is 2.05 bits per heavy atom. The van der Waals surface area contributed by atoms with E-state index >= 15 is 0 Å². The molecule has 0 atom stereocenters. The van der Waals surface area contributed by atoms with Gasteiger partial charge in [-0.05, 0) is 46.9 Å². The number of nitrogens with zero attached hydrogens (tertiary/aromatic N) is 1. The van der Waals surface area contributed by atoms with Crippen LogP contribution in [0.2, 0.25) is 0 Å². The molecule has 0 unspecified atom stereocenters. The summed E-state index contributed by atoms with van der Waals surface area (Å²) < 4.78 is 6.68. The van der Waals surface area contributed by atoms with Crippen LogP contribution in [0.15, 0.2) is 42.5 Å². The second kappa shape index (κ2) is 6.48. The number of carbonyl (C=O) groups excluding carboxylic acids is 1. The summed E-state index contributed by atoms with van der Waals surface area (Å²) in [5, 5.41) is 0. The van der Waals surface area contributed by atoms with Crippen LogP contribution in [-0.2, 0) is 6.61 Å². The number of halogens is 1. The van der Waals surface area contributed by atoms with Crippen LogP contribution in [0.4, 0.5) is 0 Å². The molecule has 0 spiro atoms. The van der Waals surface area contributed by atoms with Crippen molar-refractivity contribution in [1.29, 1.82) is 0 Å². The topological polar surface area (TPSA) is 77.2 Å². The van der Waals surface area contributed by atoms with Crippen LogP contribution in [0.5, 0.6) is 5.75 Å². The molecule has 98 valence electrons. The number of ether oxygens (including phenoxy) is 1. The average Bonchev–Trinajstić information content (AvgIpc) is 2.46. The first-order chi connectivity index (χ1) is 9.20. The number of amides is 1. The van der Waals surface area contributed by atoms with E-state index in [1.54, 1.807) is 18.2 Å². The van der Waals surface area contributed by atoms with Crippen molar-refractivity contribution in [2.75, 3.05) is 0 Å². The van der Waals surface area contributed by atoms with Gasteiger partial charge < -0.3 is 4.74 Å². The molecule has 5 nitrogen and oxygen atoms in total. The molecule has 0 radical (unpaired) electrons. The normalized spacial score (nSPS) is 10.0. The first-order valence-corrected chi connectivity index (χ1v) is 6.63. The van der Waals surface area contributed by atoms with Crippen LogP contribution < -0.4 is 16.0 Å². The maximum absolute atomic E-state index is 11.4. The van der Waals surface area contributed by atoms with E-state index in [1.807, 2.05) is 29.7 Å². The summed E-state index contributed by atoms with van der Waals surface area (Å²) in [6.07, 6.45) is 0. The largest absolute Gasteiger partial charge is 0.486 e. The minimum Gasteiger partial charge on any atom is -0.486 e. The molecule has 19 heavy (non-hydrogen) atoms. The summed E-state index contributed by atoms with van der Waals surface area (Å²) in [6, 6.07) is 12.8. The molecule has 0 fully saturated rings. The number of para-hydroxylation sites is 1. The van der Waals surface area contributed by atoms with E-state index in [0.29, 0.717) is 12.3 Å². The molecular formula is C13H12IN3O2. The lowest BCUT2D eigenvalue weighted by molar-refractivity contribution is 0.0948. The summed E-state index contributed by atoms with van der Waals surface area (Å²) in [5.74, 6) is 5.44. The average molecular weight is 369 g/mol. The highest BCUT2D eigenvalue weighted by molar-refractivity contribution is 14.1. The van der Waals surface area contributed by atoms with Gasteiger partial charge in [0.1, 0.15) is 18.1 Å². The lowest BCUT2D eigenvalue weighted by Crippen LogP contribution is -2.30. The third-order valence-electron chi connectivity index (χ3n) is 2.38. The molecule has 2 aromatic rings. The number of nitrogens with two attached hydrogens (primary N) is 1. The van der Waals surface area contributed by atoms with Crippen LogP contribution in [0.25, 0.3) is 0 Å². The zero-order chi connectivity index (χ0) is 13.7. The lowest BCUT2D eigenvalue weighted by Gasteiger charge is -2.08. The zero-order valence-corrected chi connectivity index (χ0v) is 12.1. The predicted molar refractivity (Wildman–Crippen MR) is 79.4 cm³/mol. The summed E-state index contributed by atoms with van der Waals surface area (Å²) in [6.45, 7) is 0.297. The maximum atomic E-state index is 11.4. The summed E-state index contributed by atoms with van der Waals surface area (Å²) in [4.78, 5) is 15.5. The van der Waals surface area contributed by atoms with Crippen LogP contribution in [0.3, 0.4) is 0 Å². The Morgan fingerprint density at radius 3 is 2.79 bits per heavy atom. The molecule has 0 aliphatic rings. The summed E-state index contributed by atoms with van der Waals surface area (Å²) >= 11 is 2.20. The van der Waals surface area contributed by atoms with Gasteiger partial charge in [-0.3, -0.25) is 10.2 Å². The Kier molecular flexibility index (Phi) is 4.69. The van der Waals surface area contributed by atoms with Crippen molar-refractivity contribution in [1.82, 2.24) is 10.4 Å². The number of hydrogen-bond donors (Lipinski definition) is 2. The van der Waals surface area contributed by atoms with Crippen molar-refractivity contribution in [3.05, 3.63) is 57.4 Å². The molecule has 3 N–H and O–H groups in total. The van der Waals surface area contributed by atoms with Crippen molar-refractivity contribution < 1.29 is 9.53 Å². The first-order valence-electron chi connectivity index (χ1n) is 5.55. The quantitative estimate of drug-likeness (QED) is 0.373. The van der Waals surface area contributed by atoms with E-state index in [0.717, 1.165) is 9.32 Å². The molecule has 2 rings (SSSR count). The number of hydrogen-bond acceptors (Lipinski definition) is 4. The number of nitrogens with one attached hydrogen (secondary N) is 1. The third-order valence-corrected chi connectivity index (χ3v) is 3.27. The van der Waals surface area contributed by atoms with Crippen LogP contribution >= 0.6 is 22.6 Å². The van der Waals surface area contributed by atoms with Gasteiger partial charge in [-0.25, -0.2) is 10.8 Å². The van der Waals surface area contributed by atoms with Gasteiger partial charge in [-0.15, -0.1) is 0 Å². The molecule has 0 bridgehead atoms. The molecule has 1 heterocycles. The second-order valence-electron chi connectivity index (χ2n) is 3.71. The standard InChI is InChI=1S/C13H12IN3O2/c14-10-5-1-2-7-12(10)19-8-9-4-3-6-11(16-9)13(18)17-15/h1-7H,8,15H2,(H,17,18). The number of hydrazine groups is 1. The van der Waals surface area contributed by atoms with Gasteiger partial charge in [0, 0.05) is 0 Å². The third kappa shape index (κ3) is 3.65. The van der Waals surface area contributed by atoms with Crippen molar-refractivity contribution in [2.45, 2.75) is 6.61 Å². The van der Waals surface area contributed by atoms with Gasteiger partial charge in [-0.1, -0.05) is 18.2 Å². The van der Waals surface area contributed by atoms with Crippen LogP contribution in [0.1, 0.15) is 16.2 Å². The molecule has 0 saturated carbocycles. The molecule has 0 aliphatic heterocycles. The van der Waals surface area contributed by atoms with E-state index in [1.165, 1.54) is 0 Å². The van der Waals surface area contributed by atoms with Gasteiger partial charge in [0.25, 0.3) is 5.91 Å². The maximum Gasteiger partial charge on any atom is 0.283 e. The van der Waals surface area contributed by atoms with Gasteiger partial charge in [0.2, 0.25) is 0 Å².